The molecule has 0 bridgehead atoms. The Morgan fingerprint density at radius 2 is 1.77 bits per heavy atom. The van der Waals surface area contributed by atoms with E-state index in [-0.39, 0.29) is 16.9 Å². The number of hydrogen-bond donors (Lipinski definition) is 0. The number of aryl methyl sites for hydroxylation is 2. The summed E-state index contributed by atoms with van der Waals surface area (Å²) in [6, 6.07) is 6.74. The Kier molecular flexibility index (Phi) is 4.83. The highest BCUT2D eigenvalue weighted by Crippen LogP contribution is 2.26. The number of benzene rings is 1. The highest BCUT2D eigenvalue weighted by molar-refractivity contribution is 5.81. The molecule has 3 aromatic heterocycles. The largest absolute Gasteiger partial charge is 0.494 e. The first-order valence-electron chi connectivity index (χ1n) is 10.1. The molecule has 0 unspecified atom stereocenters. The van der Waals surface area contributed by atoms with Crippen molar-refractivity contribution in [2.45, 2.75) is 40.7 Å². The van der Waals surface area contributed by atoms with Crippen LogP contribution in [0.3, 0.4) is 0 Å². The van der Waals surface area contributed by atoms with Crippen LogP contribution < -0.4 is 16.0 Å². The molecule has 0 aliphatic carbocycles. The minimum Gasteiger partial charge on any atom is -0.494 e. The van der Waals surface area contributed by atoms with Crippen LogP contribution in [-0.4, -0.2) is 35.5 Å². The predicted molar refractivity (Wildman–Crippen MR) is 118 cm³/mol. The summed E-state index contributed by atoms with van der Waals surface area (Å²) in [4.78, 5) is 42.8. The number of carbonyl (C=O) groups is 1. The fourth-order valence-electron chi connectivity index (χ4n) is 3.91. The van der Waals surface area contributed by atoms with Crippen molar-refractivity contribution in [3.8, 4) is 11.4 Å². The van der Waals surface area contributed by atoms with Crippen molar-refractivity contribution in [2.24, 2.45) is 7.05 Å². The number of nitrogens with zero attached hydrogens (tertiary/aromatic N) is 5. The Morgan fingerprint density at radius 1 is 1.13 bits per heavy atom. The smallest absolute Gasteiger partial charge is 0.333 e. The molecule has 0 radical (unpaired) electrons. The minimum atomic E-state index is -0.865. The quantitative estimate of drug-likeness (QED) is 0.491. The number of hydrogen-bond acceptors (Lipinski definition) is 5. The van der Waals surface area contributed by atoms with Gasteiger partial charge in [-0.15, -0.1) is 0 Å². The topological polar surface area (TPSA) is 92.5 Å². The minimum absolute atomic E-state index is 0.265. The number of Topliss-reactive ketones (excluding diaryl/α,β-unsaturated/α-hetero) is 1. The van der Waals surface area contributed by atoms with Gasteiger partial charge in [-0.2, -0.15) is 4.98 Å². The Hall–Kier alpha value is -3.62. The lowest BCUT2D eigenvalue weighted by Crippen LogP contribution is -2.42. The summed E-state index contributed by atoms with van der Waals surface area (Å²) in [6.07, 6.45) is 0. The lowest BCUT2D eigenvalue weighted by molar-refractivity contribution is -0.119. The number of imidazole rings is 2. The normalized spacial score (nSPS) is 12.6. The molecule has 9 nitrogen and oxygen atoms in total. The van der Waals surface area contributed by atoms with Gasteiger partial charge in [-0.3, -0.25) is 23.1 Å². The average Bonchev–Trinajstić information content (AvgIpc) is 3.23. The van der Waals surface area contributed by atoms with E-state index in [4.69, 9.17) is 4.74 Å². The second-order valence-electron chi connectivity index (χ2n) is 7.66. The summed E-state index contributed by atoms with van der Waals surface area (Å²) in [5.41, 5.74) is 2.05. The third-order valence-electron chi connectivity index (χ3n) is 5.85. The number of carbonyl (C=O) groups excluding carboxylic acids is 1. The molecule has 1 aromatic carbocycles. The zero-order valence-electron chi connectivity index (χ0n) is 18.5. The van der Waals surface area contributed by atoms with Crippen molar-refractivity contribution in [1.29, 1.82) is 0 Å². The molecule has 0 aliphatic heterocycles. The van der Waals surface area contributed by atoms with Crippen LogP contribution in [0.15, 0.2) is 33.9 Å². The monoisotopic (exact) mass is 423 g/mol. The van der Waals surface area contributed by atoms with Crippen molar-refractivity contribution >= 4 is 22.7 Å². The van der Waals surface area contributed by atoms with Crippen molar-refractivity contribution in [1.82, 2.24) is 23.1 Å². The van der Waals surface area contributed by atoms with E-state index in [1.165, 1.54) is 11.5 Å². The molecule has 9 heteroatoms. The van der Waals surface area contributed by atoms with Gasteiger partial charge in [0.05, 0.1) is 12.6 Å². The fourth-order valence-corrected chi connectivity index (χ4v) is 3.91. The Morgan fingerprint density at radius 3 is 2.35 bits per heavy atom. The Bertz CT molecular complexity index is 1450. The first-order chi connectivity index (χ1) is 14.7. The summed E-state index contributed by atoms with van der Waals surface area (Å²) in [5, 5.41) is 0. The molecule has 0 N–H and O–H groups in total. The molecule has 0 fully saturated rings. The SMILES string of the molecule is CCOc1ccc(-n2c(C)c(C)n3c4c(=O)n([C@@H](C)C(C)=O)c(=O)n(C)c4nc23)cc1. The van der Waals surface area contributed by atoms with Crippen LogP contribution in [0.25, 0.3) is 22.6 Å². The highest BCUT2D eigenvalue weighted by atomic mass is 16.5. The van der Waals surface area contributed by atoms with Gasteiger partial charge in [0.15, 0.2) is 16.9 Å². The van der Waals surface area contributed by atoms with E-state index in [2.05, 4.69) is 4.98 Å². The van der Waals surface area contributed by atoms with Crippen LogP contribution in [0.4, 0.5) is 0 Å². The number of ether oxygens (including phenoxy) is 1. The number of fused-ring (bicyclic) bond motifs is 3. The predicted octanol–water partition coefficient (Wildman–Crippen LogP) is 2.30. The summed E-state index contributed by atoms with van der Waals surface area (Å²) < 4.78 is 11.5. The van der Waals surface area contributed by atoms with Gasteiger partial charge < -0.3 is 4.74 Å². The van der Waals surface area contributed by atoms with E-state index in [0.717, 1.165) is 27.4 Å². The number of rotatable bonds is 5. The number of aromatic nitrogens is 5. The maximum Gasteiger partial charge on any atom is 0.333 e. The van der Waals surface area contributed by atoms with E-state index >= 15 is 0 Å². The summed E-state index contributed by atoms with van der Waals surface area (Å²) in [5.74, 6) is 1.02. The molecule has 0 saturated carbocycles. The van der Waals surface area contributed by atoms with Crippen LogP contribution >= 0.6 is 0 Å². The highest BCUT2D eigenvalue weighted by Gasteiger charge is 2.25. The standard InChI is InChI=1S/C22H25N5O4/c1-7-31-17-10-8-16(9-11-17)25-12(2)13(3)26-18-19(23-21(25)26)24(6)22(30)27(20(18)29)14(4)15(5)28/h8-11,14H,7H2,1-6H3/t14-/m0/s1. The van der Waals surface area contributed by atoms with E-state index in [1.807, 2.05) is 49.6 Å². The molecule has 4 rings (SSSR count). The molecule has 4 aromatic rings. The van der Waals surface area contributed by atoms with E-state index in [9.17, 15) is 14.4 Å². The van der Waals surface area contributed by atoms with Crippen LogP contribution in [0.5, 0.6) is 5.75 Å². The van der Waals surface area contributed by atoms with Crippen molar-refractivity contribution in [3.05, 3.63) is 56.5 Å². The van der Waals surface area contributed by atoms with Crippen LogP contribution in [0.2, 0.25) is 0 Å². The van der Waals surface area contributed by atoms with Gasteiger partial charge in [0, 0.05) is 24.1 Å². The Balaban J connectivity index is 2.09. The lowest BCUT2D eigenvalue weighted by Gasteiger charge is -2.12. The van der Waals surface area contributed by atoms with Crippen molar-refractivity contribution < 1.29 is 9.53 Å². The van der Waals surface area contributed by atoms with Crippen LogP contribution in [0.1, 0.15) is 38.2 Å². The molecule has 0 amide bonds. The molecule has 3 heterocycles. The second-order valence-corrected chi connectivity index (χ2v) is 7.66. The first kappa shape index (κ1) is 20.6. The van der Waals surface area contributed by atoms with Crippen LogP contribution in [-0.2, 0) is 11.8 Å². The summed E-state index contributed by atoms with van der Waals surface area (Å²) >= 11 is 0. The molecule has 0 saturated heterocycles. The second kappa shape index (κ2) is 7.26. The molecule has 0 spiro atoms. The van der Waals surface area contributed by atoms with Crippen LogP contribution in [0, 0.1) is 13.8 Å². The van der Waals surface area contributed by atoms with Crippen molar-refractivity contribution in [2.75, 3.05) is 6.61 Å². The molecule has 162 valence electrons. The zero-order valence-corrected chi connectivity index (χ0v) is 18.5. The maximum absolute atomic E-state index is 13.4. The summed E-state index contributed by atoms with van der Waals surface area (Å²) in [6.45, 7) is 9.28. The number of ketones is 1. The third-order valence-corrected chi connectivity index (χ3v) is 5.85. The Labute approximate surface area is 178 Å². The first-order valence-corrected chi connectivity index (χ1v) is 10.1. The molecular weight excluding hydrogens is 398 g/mol. The van der Waals surface area contributed by atoms with Gasteiger partial charge in [-0.25, -0.2) is 9.36 Å². The molecular formula is C22H25N5O4. The molecule has 0 aliphatic rings. The fraction of sp³-hybridized carbons (Fsp3) is 0.364. The van der Waals surface area contributed by atoms with Gasteiger partial charge in [-0.1, -0.05) is 0 Å². The molecule has 31 heavy (non-hydrogen) atoms. The van der Waals surface area contributed by atoms with Gasteiger partial charge in [0.1, 0.15) is 5.75 Å². The van der Waals surface area contributed by atoms with Gasteiger partial charge in [0.2, 0.25) is 5.78 Å². The van der Waals surface area contributed by atoms with E-state index < -0.39 is 17.3 Å². The molecule has 1 atom stereocenters. The van der Waals surface area contributed by atoms with Gasteiger partial charge in [-0.05, 0) is 58.9 Å². The van der Waals surface area contributed by atoms with E-state index in [0.29, 0.717) is 12.4 Å². The lowest BCUT2D eigenvalue weighted by atomic mass is 10.2. The van der Waals surface area contributed by atoms with Gasteiger partial charge >= 0.3 is 5.69 Å². The van der Waals surface area contributed by atoms with Gasteiger partial charge in [0.25, 0.3) is 5.56 Å². The maximum atomic E-state index is 13.4. The summed E-state index contributed by atoms with van der Waals surface area (Å²) in [7, 11) is 1.56. The van der Waals surface area contributed by atoms with E-state index in [1.54, 1.807) is 18.4 Å². The third kappa shape index (κ3) is 2.91. The zero-order chi connectivity index (χ0) is 22.6. The van der Waals surface area contributed by atoms with Crippen molar-refractivity contribution in [3.63, 3.8) is 0 Å². The average molecular weight is 423 g/mol.